The molecule has 2 aromatic carbocycles. The molecule has 4 aromatic rings. The van der Waals surface area contributed by atoms with Gasteiger partial charge in [0.15, 0.2) is 5.84 Å². The molecule has 1 amide bonds. The Morgan fingerprint density at radius 1 is 1.17 bits per heavy atom. The number of carbonyl (C=O) groups is 1. The predicted molar refractivity (Wildman–Crippen MR) is 164 cm³/mol. The molecule has 2 aliphatic heterocycles. The van der Waals surface area contributed by atoms with Crippen molar-refractivity contribution in [2.75, 3.05) is 7.05 Å². The number of halogens is 1. The van der Waals surface area contributed by atoms with Gasteiger partial charge in [0, 0.05) is 39.8 Å². The summed E-state index contributed by atoms with van der Waals surface area (Å²) in [7, 11) is 1.78. The highest BCUT2D eigenvalue weighted by Gasteiger charge is 2.34. The molecule has 9 nitrogen and oxygen atoms in total. The third-order valence-electron chi connectivity index (χ3n) is 8.47. The number of hydroxylamine groups is 2. The van der Waals surface area contributed by atoms with E-state index >= 15 is 0 Å². The first-order valence-corrected chi connectivity index (χ1v) is 15.0. The molecule has 3 aliphatic rings. The molecule has 7 rings (SSSR count). The van der Waals surface area contributed by atoms with Crippen molar-refractivity contribution < 1.29 is 9.63 Å². The lowest BCUT2D eigenvalue weighted by molar-refractivity contribution is -0.00998. The lowest BCUT2D eigenvalue weighted by Gasteiger charge is -2.35. The van der Waals surface area contributed by atoms with Gasteiger partial charge in [0.05, 0.1) is 24.1 Å². The maximum atomic E-state index is 14.3. The van der Waals surface area contributed by atoms with E-state index in [1.807, 2.05) is 71.9 Å². The van der Waals surface area contributed by atoms with Gasteiger partial charge in [-0.3, -0.25) is 14.2 Å². The second-order valence-electron chi connectivity index (χ2n) is 11.5. The number of fused-ring (bicyclic) bond motifs is 3. The number of benzene rings is 2. The lowest BCUT2D eigenvalue weighted by Crippen LogP contribution is -2.46. The van der Waals surface area contributed by atoms with Gasteiger partial charge in [-0.05, 0) is 100 Å². The van der Waals surface area contributed by atoms with E-state index in [0.717, 1.165) is 44.6 Å². The smallest absolute Gasteiger partial charge is 0.261 e. The molecule has 2 aromatic heterocycles. The molecule has 1 aliphatic carbocycles. The number of rotatable bonds is 5. The summed E-state index contributed by atoms with van der Waals surface area (Å²) in [5.41, 5.74) is 6.49. The van der Waals surface area contributed by atoms with Gasteiger partial charge in [0.25, 0.3) is 11.5 Å². The van der Waals surface area contributed by atoms with Gasteiger partial charge in [-0.2, -0.15) is 15.2 Å². The Kier molecular flexibility index (Phi) is 6.34. The molecule has 0 unspecified atom stereocenters. The highest BCUT2D eigenvalue weighted by atomic mass is 79.9. The second kappa shape index (κ2) is 9.97. The minimum absolute atomic E-state index is 0.0477. The number of amides is 1. The third kappa shape index (κ3) is 4.45. The van der Waals surface area contributed by atoms with E-state index in [1.165, 1.54) is 12.8 Å². The van der Waals surface area contributed by atoms with Crippen LogP contribution in [0.4, 0.5) is 0 Å². The van der Waals surface area contributed by atoms with E-state index in [2.05, 4.69) is 27.5 Å². The van der Waals surface area contributed by atoms with Crippen molar-refractivity contribution in [3.8, 4) is 5.69 Å². The topological polar surface area (TPSA) is 84.4 Å². The molecular formula is C32H31BrN6O3. The summed E-state index contributed by atoms with van der Waals surface area (Å²) in [5, 5.41) is 6.40. The van der Waals surface area contributed by atoms with Crippen molar-refractivity contribution in [3.05, 3.63) is 109 Å². The molecule has 0 radical (unpaired) electrons. The number of amidine groups is 1. The zero-order chi connectivity index (χ0) is 29.3. The Balaban J connectivity index is 1.33. The van der Waals surface area contributed by atoms with Crippen molar-refractivity contribution >= 4 is 33.3 Å². The van der Waals surface area contributed by atoms with Gasteiger partial charge >= 0.3 is 0 Å². The van der Waals surface area contributed by atoms with Crippen molar-refractivity contribution in [3.63, 3.8) is 0 Å². The molecule has 214 valence electrons. The minimum Gasteiger partial charge on any atom is -0.358 e. The van der Waals surface area contributed by atoms with Crippen LogP contribution in [0.1, 0.15) is 58.1 Å². The van der Waals surface area contributed by atoms with Crippen LogP contribution in [-0.4, -0.2) is 49.0 Å². The summed E-state index contributed by atoms with van der Waals surface area (Å²) in [6.45, 7) is 8.08. The molecule has 1 saturated carbocycles. The van der Waals surface area contributed by atoms with E-state index in [9.17, 15) is 9.59 Å². The molecule has 4 heterocycles. The maximum Gasteiger partial charge on any atom is 0.261 e. The predicted octanol–water partition coefficient (Wildman–Crippen LogP) is 5.19. The van der Waals surface area contributed by atoms with Crippen LogP contribution in [0.5, 0.6) is 0 Å². The van der Waals surface area contributed by atoms with E-state index in [-0.39, 0.29) is 17.5 Å². The normalized spacial score (nSPS) is 18.3. The molecule has 0 spiro atoms. The monoisotopic (exact) mass is 626 g/mol. The van der Waals surface area contributed by atoms with Gasteiger partial charge < -0.3 is 9.74 Å². The number of aryl methyl sites for hydroxylation is 1. The Morgan fingerprint density at radius 2 is 1.93 bits per heavy atom. The summed E-state index contributed by atoms with van der Waals surface area (Å²) in [4.78, 5) is 39.7. The molecule has 10 heteroatoms. The Morgan fingerprint density at radius 3 is 2.60 bits per heavy atom. The average Bonchev–Trinajstić information content (AvgIpc) is 3.60. The summed E-state index contributed by atoms with van der Waals surface area (Å²) >= 11 is 3.53. The fourth-order valence-corrected chi connectivity index (χ4v) is 6.28. The standard InChI is InChI=1S/C32H31BrN6O3/c1-18-13-23(9-12-27(18)33)31(40)37-17-28-26(14-19(37)2)32(41)38(30-24(15-21-5-6-21)16-34-39(28)30)25-10-7-22(8-11-25)29-35-20(3)42-36(29)4/h7-13,16,19,21H,3,5-6,14-15,17H2,1-2,4H3/t19-/m0/s1. The van der Waals surface area contributed by atoms with Crippen LogP contribution in [0, 0.1) is 12.8 Å². The van der Waals surface area contributed by atoms with Crippen LogP contribution in [0.25, 0.3) is 11.3 Å². The quantitative estimate of drug-likeness (QED) is 0.304. The number of carbonyl (C=O) groups excluding carboxylic acids is 1. The van der Waals surface area contributed by atoms with Crippen LogP contribution in [0.2, 0.25) is 0 Å². The first kappa shape index (κ1) is 26.7. The first-order valence-electron chi connectivity index (χ1n) is 14.2. The maximum absolute atomic E-state index is 14.3. The molecule has 1 atom stereocenters. The largest absolute Gasteiger partial charge is 0.358 e. The van der Waals surface area contributed by atoms with Crippen molar-refractivity contribution in [1.82, 2.24) is 24.1 Å². The summed E-state index contributed by atoms with van der Waals surface area (Å²) in [6.07, 6.45) is 5.60. The lowest BCUT2D eigenvalue weighted by atomic mass is 9.98. The zero-order valence-corrected chi connectivity index (χ0v) is 25.4. The highest BCUT2D eigenvalue weighted by Crippen LogP contribution is 2.35. The van der Waals surface area contributed by atoms with Gasteiger partial charge in [-0.1, -0.05) is 15.9 Å². The van der Waals surface area contributed by atoms with Crippen LogP contribution < -0.4 is 5.56 Å². The molecular weight excluding hydrogens is 596 g/mol. The van der Waals surface area contributed by atoms with E-state index in [0.29, 0.717) is 41.7 Å². The fraction of sp³-hybridized carbons (Fsp3) is 0.312. The van der Waals surface area contributed by atoms with Crippen LogP contribution in [0.3, 0.4) is 0 Å². The van der Waals surface area contributed by atoms with Crippen LogP contribution in [-0.2, 0) is 24.2 Å². The number of hydrogen-bond donors (Lipinski definition) is 0. The fourth-order valence-electron chi connectivity index (χ4n) is 6.03. The number of hydrogen-bond acceptors (Lipinski definition) is 6. The number of nitrogens with zero attached hydrogens (tertiary/aromatic N) is 6. The second-order valence-corrected chi connectivity index (χ2v) is 12.4. The summed E-state index contributed by atoms with van der Waals surface area (Å²) < 4.78 is 4.66. The third-order valence-corrected chi connectivity index (χ3v) is 9.36. The zero-order valence-electron chi connectivity index (χ0n) is 23.8. The number of aromatic nitrogens is 3. The first-order chi connectivity index (χ1) is 20.2. The molecule has 42 heavy (non-hydrogen) atoms. The molecule has 0 N–H and O–H groups in total. The van der Waals surface area contributed by atoms with Crippen molar-refractivity contribution in [2.45, 2.75) is 52.1 Å². The van der Waals surface area contributed by atoms with E-state index in [1.54, 1.807) is 16.7 Å². The Labute approximate surface area is 251 Å². The summed E-state index contributed by atoms with van der Waals surface area (Å²) in [6, 6.07) is 13.3. The molecule has 1 fully saturated rings. The van der Waals surface area contributed by atoms with Crippen molar-refractivity contribution in [2.24, 2.45) is 10.9 Å². The van der Waals surface area contributed by atoms with Crippen molar-refractivity contribution in [1.29, 1.82) is 0 Å². The van der Waals surface area contributed by atoms with Crippen LogP contribution in [0.15, 0.2) is 75.4 Å². The van der Waals surface area contributed by atoms with Gasteiger partial charge in [-0.15, -0.1) is 0 Å². The van der Waals surface area contributed by atoms with Gasteiger partial charge in [0.1, 0.15) is 5.65 Å². The van der Waals surface area contributed by atoms with E-state index < -0.39 is 0 Å². The van der Waals surface area contributed by atoms with Gasteiger partial charge in [0.2, 0.25) is 5.88 Å². The molecule has 0 bridgehead atoms. The minimum atomic E-state index is -0.152. The molecule has 0 saturated heterocycles. The summed E-state index contributed by atoms with van der Waals surface area (Å²) in [5.74, 6) is 1.56. The SMILES string of the molecule is C=C1N=C(c2ccc(-n3c(=O)c4c(n5ncc(CC6CC6)c35)CN(C(=O)c3ccc(Br)c(C)c3)[C@@H](C)C4)cc2)N(C)O1. The average molecular weight is 628 g/mol. The van der Waals surface area contributed by atoms with Gasteiger partial charge in [-0.25, -0.2) is 4.52 Å². The van der Waals surface area contributed by atoms with Crippen LogP contribution >= 0.6 is 15.9 Å². The highest BCUT2D eigenvalue weighted by molar-refractivity contribution is 9.10. The Hall–Kier alpha value is -4.18. The number of aliphatic imine (C=N–C) groups is 1. The Bertz CT molecular complexity index is 1870. The van der Waals surface area contributed by atoms with E-state index in [4.69, 9.17) is 9.94 Å².